The van der Waals surface area contributed by atoms with E-state index in [9.17, 15) is 23.2 Å². The summed E-state index contributed by atoms with van der Waals surface area (Å²) in [6, 6.07) is 9.12. The zero-order valence-electron chi connectivity index (χ0n) is 17.2. The van der Waals surface area contributed by atoms with Crippen LogP contribution in [0.3, 0.4) is 0 Å². The van der Waals surface area contributed by atoms with E-state index in [0.29, 0.717) is 29.1 Å². The molecule has 1 N–H and O–H groups in total. The smallest absolute Gasteiger partial charge is 0.248 e. The largest absolute Gasteiger partial charge is 0.497 e. The van der Waals surface area contributed by atoms with Crippen molar-refractivity contribution in [2.24, 2.45) is 5.92 Å². The highest BCUT2D eigenvalue weighted by molar-refractivity contribution is 7.99. The van der Waals surface area contributed by atoms with Gasteiger partial charge in [-0.2, -0.15) is 0 Å². The summed E-state index contributed by atoms with van der Waals surface area (Å²) in [6.45, 7) is -0.0196. The number of halogens is 2. The van der Waals surface area contributed by atoms with Crippen LogP contribution in [0.15, 0.2) is 42.5 Å². The number of carbonyl (C=O) groups excluding carboxylic acids is 3. The minimum atomic E-state index is -0.861. The Hall–Kier alpha value is -3.14. The molecule has 2 unspecified atom stereocenters. The molecule has 2 atom stereocenters. The molecule has 0 aliphatic carbocycles. The first kappa shape index (κ1) is 22.1. The zero-order valence-corrected chi connectivity index (χ0v) is 18.0. The SMILES string of the molecule is COc1ccc(NC(=O)C2CSCN2C(=O)C2CC(=O)N(c3ccc(F)cc3F)C2)cc1. The van der Waals surface area contributed by atoms with Gasteiger partial charge >= 0.3 is 0 Å². The van der Waals surface area contributed by atoms with Crippen LogP contribution in [-0.2, 0) is 14.4 Å². The van der Waals surface area contributed by atoms with Crippen LogP contribution in [0.4, 0.5) is 20.2 Å². The van der Waals surface area contributed by atoms with E-state index in [-0.39, 0.29) is 30.5 Å². The number of nitrogens with one attached hydrogen (secondary N) is 1. The molecule has 2 fully saturated rings. The third-order valence-corrected chi connectivity index (χ3v) is 6.51. The van der Waals surface area contributed by atoms with E-state index in [1.54, 1.807) is 31.4 Å². The molecule has 0 bridgehead atoms. The first-order chi connectivity index (χ1) is 15.4. The predicted octanol–water partition coefficient (Wildman–Crippen LogP) is 2.87. The molecule has 7 nitrogen and oxygen atoms in total. The first-order valence-corrected chi connectivity index (χ1v) is 11.1. The number of amides is 3. The highest BCUT2D eigenvalue weighted by Crippen LogP contribution is 2.31. The molecule has 4 rings (SSSR count). The molecule has 2 heterocycles. The molecule has 2 saturated heterocycles. The van der Waals surface area contributed by atoms with Crippen molar-refractivity contribution in [2.75, 3.05) is 35.5 Å². The minimum absolute atomic E-state index is 0.0196. The van der Waals surface area contributed by atoms with Gasteiger partial charge in [-0.15, -0.1) is 11.8 Å². The molecular formula is C22H21F2N3O4S. The number of thioether (sulfide) groups is 1. The second-order valence-corrected chi connectivity index (χ2v) is 8.54. The summed E-state index contributed by atoms with van der Waals surface area (Å²) in [5, 5.41) is 2.80. The molecule has 0 radical (unpaired) electrons. The van der Waals surface area contributed by atoms with E-state index in [1.165, 1.54) is 22.7 Å². The monoisotopic (exact) mass is 461 g/mol. The van der Waals surface area contributed by atoms with Crippen molar-refractivity contribution in [3.05, 3.63) is 54.1 Å². The number of hydrogen-bond donors (Lipinski definition) is 1. The van der Waals surface area contributed by atoms with Crippen LogP contribution in [0.2, 0.25) is 0 Å². The Morgan fingerprint density at radius 2 is 1.91 bits per heavy atom. The third-order valence-electron chi connectivity index (χ3n) is 5.50. The summed E-state index contributed by atoms with van der Waals surface area (Å²) >= 11 is 1.45. The van der Waals surface area contributed by atoms with E-state index in [0.717, 1.165) is 11.0 Å². The Kier molecular flexibility index (Phi) is 6.31. The zero-order chi connectivity index (χ0) is 22.8. The van der Waals surface area contributed by atoms with Gasteiger partial charge in [-0.05, 0) is 36.4 Å². The van der Waals surface area contributed by atoms with Crippen molar-refractivity contribution in [3.63, 3.8) is 0 Å². The van der Waals surface area contributed by atoms with E-state index in [2.05, 4.69) is 5.32 Å². The van der Waals surface area contributed by atoms with Crippen molar-refractivity contribution < 1.29 is 27.9 Å². The normalized spacial score (nSPS) is 20.5. The lowest BCUT2D eigenvalue weighted by atomic mass is 10.1. The second kappa shape index (κ2) is 9.15. The molecule has 2 aliphatic heterocycles. The van der Waals surface area contributed by atoms with E-state index < -0.39 is 29.5 Å². The Morgan fingerprint density at radius 1 is 1.16 bits per heavy atom. The Balaban J connectivity index is 1.43. The van der Waals surface area contributed by atoms with Crippen LogP contribution >= 0.6 is 11.8 Å². The highest BCUT2D eigenvalue weighted by atomic mass is 32.2. The average Bonchev–Trinajstić information content (AvgIpc) is 3.41. The van der Waals surface area contributed by atoms with Gasteiger partial charge in [0.15, 0.2) is 0 Å². The van der Waals surface area contributed by atoms with Crippen LogP contribution < -0.4 is 15.0 Å². The van der Waals surface area contributed by atoms with Gasteiger partial charge in [-0.25, -0.2) is 8.78 Å². The topological polar surface area (TPSA) is 79.0 Å². The number of hydrogen-bond acceptors (Lipinski definition) is 5. The Morgan fingerprint density at radius 3 is 2.59 bits per heavy atom. The number of methoxy groups -OCH3 is 1. The average molecular weight is 461 g/mol. The van der Waals surface area contributed by atoms with Crippen LogP contribution in [0.1, 0.15) is 6.42 Å². The Labute approximate surface area is 187 Å². The fraction of sp³-hybridized carbons (Fsp3) is 0.318. The van der Waals surface area contributed by atoms with Gasteiger partial charge in [-0.3, -0.25) is 14.4 Å². The molecule has 0 saturated carbocycles. The first-order valence-electron chi connectivity index (χ1n) is 9.96. The lowest BCUT2D eigenvalue weighted by Gasteiger charge is -2.26. The van der Waals surface area contributed by atoms with Crippen LogP contribution in [-0.4, -0.2) is 53.9 Å². The molecule has 2 aromatic carbocycles. The van der Waals surface area contributed by atoms with Crippen molar-refractivity contribution in [1.29, 1.82) is 0 Å². The summed E-state index contributed by atoms with van der Waals surface area (Å²) in [5.41, 5.74) is 0.519. The van der Waals surface area contributed by atoms with Gasteiger partial charge in [0.05, 0.1) is 24.6 Å². The van der Waals surface area contributed by atoms with Crippen molar-refractivity contribution >= 4 is 40.9 Å². The quantitative estimate of drug-likeness (QED) is 0.741. The lowest BCUT2D eigenvalue weighted by Crippen LogP contribution is -2.47. The van der Waals surface area contributed by atoms with Gasteiger partial charge in [-0.1, -0.05) is 0 Å². The molecule has 10 heteroatoms. The number of rotatable bonds is 5. The number of ether oxygens (including phenoxy) is 1. The Bertz CT molecular complexity index is 1050. The molecule has 32 heavy (non-hydrogen) atoms. The molecule has 2 aliphatic rings. The van der Waals surface area contributed by atoms with Crippen molar-refractivity contribution in [1.82, 2.24) is 4.90 Å². The standard InChI is InChI=1S/C22H21F2N3O4S/c1-31-16-5-3-15(4-6-16)25-21(29)19-11-32-12-27(19)22(30)13-8-20(28)26(10-13)18-7-2-14(23)9-17(18)24/h2-7,9,13,19H,8,10-12H2,1H3,(H,25,29). The minimum Gasteiger partial charge on any atom is -0.497 e. The van der Waals surface area contributed by atoms with Crippen LogP contribution in [0.5, 0.6) is 5.75 Å². The van der Waals surface area contributed by atoms with Gasteiger partial charge in [0.1, 0.15) is 23.4 Å². The molecular weight excluding hydrogens is 440 g/mol. The van der Waals surface area contributed by atoms with Gasteiger partial charge in [0.2, 0.25) is 17.7 Å². The molecule has 0 aromatic heterocycles. The molecule has 168 valence electrons. The summed E-state index contributed by atoms with van der Waals surface area (Å²) in [5.74, 6) is -1.96. The summed E-state index contributed by atoms with van der Waals surface area (Å²) in [4.78, 5) is 41.0. The number of anilines is 2. The number of nitrogens with zero attached hydrogens (tertiary/aromatic N) is 2. The molecule has 2 aromatic rings. The highest BCUT2D eigenvalue weighted by Gasteiger charge is 2.43. The molecule has 0 spiro atoms. The van der Waals surface area contributed by atoms with E-state index >= 15 is 0 Å². The summed E-state index contributed by atoms with van der Waals surface area (Å²) in [6.07, 6.45) is -0.0936. The van der Waals surface area contributed by atoms with E-state index in [4.69, 9.17) is 4.74 Å². The van der Waals surface area contributed by atoms with Crippen LogP contribution in [0.25, 0.3) is 0 Å². The van der Waals surface area contributed by atoms with Crippen molar-refractivity contribution in [2.45, 2.75) is 12.5 Å². The van der Waals surface area contributed by atoms with Gasteiger partial charge in [0, 0.05) is 30.5 Å². The summed E-state index contributed by atoms with van der Waals surface area (Å²) in [7, 11) is 1.55. The van der Waals surface area contributed by atoms with Crippen LogP contribution in [0, 0.1) is 17.6 Å². The third kappa shape index (κ3) is 4.40. The van der Waals surface area contributed by atoms with Gasteiger partial charge < -0.3 is 19.9 Å². The summed E-state index contributed by atoms with van der Waals surface area (Å²) < 4.78 is 32.4. The van der Waals surface area contributed by atoms with E-state index in [1.807, 2.05) is 0 Å². The second-order valence-electron chi connectivity index (χ2n) is 7.54. The predicted molar refractivity (Wildman–Crippen MR) is 116 cm³/mol. The molecule has 3 amide bonds. The van der Waals surface area contributed by atoms with Crippen molar-refractivity contribution in [3.8, 4) is 5.75 Å². The van der Waals surface area contributed by atoms with Gasteiger partial charge in [0.25, 0.3) is 0 Å². The number of benzene rings is 2. The maximum Gasteiger partial charge on any atom is 0.248 e. The number of carbonyl (C=O) groups is 3. The fourth-order valence-electron chi connectivity index (χ4n) is 3.82. The maximum atomic E-state index is 14.1. The lowest BCUT2D eigenvalue weighted by molar-refractivity contribution is -0.139. The maximum absolute atomic E-state index is 14.1. The fourth-order valence-corrected chi connectivity index (χ4v) is 4.98.